The van der Waals surface area contributed by atoms with Crippen LogP contribution in [-0.4, -0.2) is 18.4 Å². The molecule has 1 N–H and O–H groups in total. The number of halogens is 6. The van der Waals surface area contributed by atoms with Crippen molar-refractivity contribution in [2.45, 2.75) is 25.2 Å². The summed E-state index contributed by atoms with van der Waals surface area (Å²) in [5.74, 6) is -1.34. The number of hydrogen-bond acceptors (Lipinski definition) is 2. The number of para-hydroxylation sites is 2. The Hall–Kier alpha value is -3.04. The Morgan fingerprint density at radius 1 is 0.931 bits per heavy atom. The van der Waals surface area contributed by atoms with E-state index in [0.29, 0.717) is 37.2 Å². The molecule has 2 aromatic rings. The average molecular weight is 416 g/mol. The lowest BCUT2D eigenvalue weighted by molar-refractivity contribution is -0.143. The van der Waals surface area contributed by atoms with E-state index in [1.807, 2.05) is 0 Å². The van der Waals surface area contributed by atoms with Crippen LogP contribution < -0.4 is 10.2 Å². The summed E-state index contributed by atoms with van der Waals surface area (Å²) < 4.78 is 78.0. The molecule has 0 spiro atoms. The monoisotopic (exact) mass is 416 g/mol. The van der Waals surface area contributed by atoms with Gasteiger partial charge < -0.3 is 10.2 Å². The number of benzene rings is 2. The molecular formula is C19H14F6N2O2. The minimum absolute atomic E-state index is 0.0480. The first-order valence-electron chi connectivity index (χ1n) is 8.47. The third-order valence-corrected chi connectivity index (χ3v) is 4.37. The van der Waals surface area contributed by atoms with Gasteiger partial charge in [-0.1, -0.05) is 12.1 Å². The predicted octanol–water partition coefficient (Wildman–Crippen LogP) is 5.10. The molecule has 1 aliphatic rings. The van der Waals surface area contributed by atoms with Crippen LogP contribution in [0.2, 0.25) is 0 Å². The molecule has 10 heteroatoms. The van der Waals surface area contributed by atoms with Crippen molar-refractivity contribution in [1.29, 1.82) is 0 Å². The van der Waals surface area contributed by atoms with Crippen LogP contribution in [0, 0.1) is 0 Å². The highest BCUT2D eigenvalue weighted by Gasteiger charge is 2.37. The minimum Gasteiger partial charge on any atom is -0.320 e. The van der Waals surface area contributed by atoms with Crippen molar-refractivity contribution in [2.75, 3.05) is 16.8 Å². The first-order valence-corrected chi connectivity index (χ1v) is 8.47. The maximum Gasteiger partial charge on any atom is 0.416 e. The zero-order valence-electron chi connectivity index (χ0n) is 14.7. The standard InChI is InChI=1S/C19H14F6N2O2/c20-18(21,22)12-8-11(9-13(10-12)19(23,24)25)17(29)26-14-4-1-2-5-15(14)27-7-3-6-16(27)28/h1-2,4-5,8-10H,3,6-7H2,(H,26,29). The highest BCUT2D eigenvalue weighted by atomic mass is 19.4. The van der Waals surface area contributed by atoms with Crippen molar-refractivity contribution in [1.82, 2.24) is 0 Å². The third kappa shape index (κ3) is 4.52. The molecule has 0 atom stereocenters. The summed E-state index contributed by atoms with van der Waals surface area (Å²) in [5, 5.41) is 2.31. The molecule has 3 rings (SSSR count). The highest BCUT2D eigenvalue weighted by Crippen LogP contribution is 2.37. The van der Waals surface area contributed by atoms with E-state index >= 15 is 0 Å². The first-order chi connectivity index (χ1) is 13.5. The van der Waals surface area contributed by atoms with Crippen molar-refractivity contribution in [2.24, 2.45) is 0 Å². The van der Waals surface area contributed by atoms with Crippen molar-refractivity contribution < 1.29 is 35.9 Å². The second kappa shape index (κ2) is 7.41. The van der Waals surface area contributed by atoms with Gasteiger partial charge in [0.1, 0.15) is 0 Å². The zero-order chi connectivity index (χ0) is 21.4. The predicted molar refractivity (Wildman–Crippen MR) is 92.4 cm³/mol. The fourth-order valence-corrected chi connectivity index (χ4v) is 3.00. The number of hydrogen-bond donors (Lipinski definition) is 1. The molecule has 29 heavy (non-hydrogen) atoms. The zero-order valence-corrected chi connectivity index (χ0v) is 14.7. The Morgan fingerprint density at radius 3 is 2.03 bits per heavy atom. The van der Waals surface area contributed by atoms with Crippen LogP contribution >= 0.6 is 0 Å². The van der Waals surface area contributed by atoms with Crippen LogP contribution in [0.3, 0.4) is 0 Å². The van der Waals surface area contributed by atoms with Crippen LogP contribution in [0.5, 0.6) is 0 Å². The Balaban J connectivity index is 1.97. The van der Waals surface area contributed by atoms with E-state index in [4.69, 9.17) is 0 Å². The van der Waals surface area contributed by atoms with Gasteiger partial charge in [0.25, 0.3) is 5.91 Å². The molecule has 1 fully saturated rings. The van der Waals surface area contributed by atoms with Gasteiger partial charge in [-0.15, -0.1) is 0 Å². The lowest BCUT2D eigenvalue weighted by Crippen LogP contribution is -2.25. The molecule has 0 bridgehead atoms. The molecule has 1 saturated heterocycles. The molecule has 1 heterocycles. The summed E-state index contributed by atoms with van der Waals surface area (Å²) in [6.07, 6.45) is -9.21. The Labute approximate surface area is 161 Å². The maximum absolute atomic E-state index is 13.0. The molecule has 0 radical (unpaired) electrons. The van der Waals surface area contributed by atoms with Crippen LogP contribution in [0.15, 0.2) is 42.5 Å². The van der Waals surface area contributed by atoms with Crippen LogP contribution in [0.1, 0.15) is 34.3 Å². The van der Waals surface area contributed by atoms with E-state index in [1.54, 1.807) is 6.07 Å². The number of amides is 2. The van der Waals surface area contributed by atoms with E-state index in [-0.39, 0.29) is 17.7 Å². The van der Waals surface area contributed by atoms with E-state index in [1.165, 1.54) is 23.1 Å². The third-order valence-electron chi connectivity index (χ3n) is 4.37. The van der Waals surface area contributed by atoms with Crippen LogP contribution in [-0.2, 0) is 17.1 Å². The SMILES string of the molecule is O=C(Nc1ccccc1N1CCCC1=O)c1cc(C(F)(F)F)cc(C(F)(F)F)c1. The normalized spacial score (nSPS) is 15.0. The van der Waals surface area contributed by atoms with Crippen LogP contribution in [0.4, 0.5) is 37.7 Å². The maximum atomic E-state index is 13.0. The molecule has 1 aliphatic heterocycles. The van der Waals surface area contributed by atoms with Crippen molar-refractivity contribution in [3.63, 3.8) is 0 Å². The van der Waals surface area contributed by atoms with E-state index in [0.717, 1.165) is 0 Å². The molecule has 0 unspecified atom stereocenters. The fraction of sp³-hybridized carbons (Fsp3) is 0.263. The van der Waals surface area contributed by atoms with E-state index < -0.39 is 35.0 Å². The molecule has 154 valence electrons. The summed E-state index contributed by atoms with van der Waals surface area (Å²) in [7, 11) is 0. The molecular weight excluding hydrogens is 402 g/mol. The summed E-state index contributed by atoms with van der Waals surface area (Å²) in [5.41, 5.74) is -3.53. The first kappa shape index (κ1) is 20.7. The molecule has 2 aromatic carbocycles. The lowest BCUT2D eigenvalue weighted by atomic mass is 10.0. The number of rotatable bonds is 3. The number of anilines is 2. The Kier molecular flexibility index (Phi) is 5.29. The number of nitrogens with one attached hydrogen (secondary N) is 1. The highest BCUT2D eigenvalue weighted by molar-refractivity contribution is 6.08. The number of carbonyl (C=O) groups is 2. The van der Waals surface area contributed by atoms with E-state index in [9.17, 15) is 35.9 Å². The summed E-state index contributed by atoms with van der Waals surface area (Å²) in [4.78, 5) is 25.8. The van der Waals surface area contributed by atoms with Gasteiger partial charge >= 0.3 is 12.4 Å². The Bertz CT molecular complexity index is 920. The summed E-state index contributed by atoms with van der Waals surface area (Å²) in [6.45, 7) is 0.396. The minimum atomic E-state index is -5.06. The van der Waals surface area contributed by atoms with Gasteiger partial charge in [-0.25, -0.2) is 0 Å². The molecule has 4 nitrogen and oxygen atoms in total. The number of alkyl halides is 6. The smallest absolute Gasteiger partial charge is 0.320 e. The van der Waals surface area contributed by atoms with Gasteiger partial charge in [-0.3, -0.25) is 9.59 Å². The summed E-state index contributed by atoms with van der Waals surface area (Å²) >= 11 is 0. The van der Waals surface area contributed by atoms with Gasteiger partial charge in [-0.05, 0) is 36.8 Å². The van der Waals surface area contributed by atoms with Crippen molar-refractivity contribution >= 4 is 23.2 Å². The number of carbonyl (C=O) groups excluding carboxylic acids is 2. The van der Waals surface area contributed by atoms with Gasteiger partial charge in [0, 0.05) is 18.5 Å². The van der Waals surface area contributed by atoms with Gasteiger partial charge in [0.15, 0.2) is 0 Å². The van der Waals surface area contributed by atoms with Crippen molar-refractivity contribution in [3.05, 3.63) is 59.2 Å². The van der Waals surface area contributed by atoms with Gasteiger partial charge in [0.2, 0.25) is 5.91 Å². The molecule has 0 aliphatic carbocycles. The quantitative estimate of drug-likeness (QED) is 0.708. The second-order valence-corrected chi connectivity index (χ2v) is 6.41. The molecule has 0 saturated carbocycles. The number of nitrogens with zero attached hydrogens (tertiary/aromatic N) is 1. The fourth-order valence-electron chi connectivity index (χ4n) is 3.00. The topological polar surface area (TPSA) is 49.4 Å². The lowest BCUT2D eigenvalue weighted by Gasteiger charge is -2.20. The van der Waals surface area contributed by atoms with Crippen LogP contribution in [0.25, 0.3) is 0 Å². The van der Waals surface area contributed by atoms with Gasteiger partial charge in [-0.2, -0.15) is 26.3 Å². The largest absolute Gasteiger partial charge is 0.416 e. The molecule has 0 aromatic heterocycles. The van der Waals surface area contributed by atoms with E-state index in [2.05, 4.69) is 5.32 Å². The molecule has 2 amide bonds. The average Bonchev–Trinajstić information content (AvgIpc) is 3.06. The summed E-state index contributed by atoms with van der Waals surface area (Å²) in [6, 6.07) is 6.73. The Morgan fingerprint density at radius 2 is 1.52 bits per heavy atom. The van der Waals surface area contributed by atoms with Gasteiger partial charge in [0.05, 0.1) is 22.5 Å². The second-order valence-electron chi connectivity index (χ2n) is 6.41. The van der Waals surface area contributed by atoms with Crippen molar-refractivity contribution in [3.8, 4) is 0 Å².